The number of benzene rings is 2. The van der Waals surface area contributed by atoms with Crippen molar-refractivity contribution < 1.29 is 19.6 Å². The van der Waals surface area contributed by atoms with Crippen molar-refractivity contribution in [2.45, 2.75) is 12.5 Å². The first-order chi connectivity index (χ1) is 11.4. The van der Waals surface area contributed by atoms with Gasteiger partial charge in [0, 0.05) is 28.6 Å². The van der Waals surface area contributed by atoms with E-state index in [1.807, 2.05) is 0 Å². The maximum absolute atomic E-state index is 12.2. The first kappa shape index (κ1) is 17.6. The summed E-state index contributed by atoms with van der Waals surface area (Å²) in [5.74, 6) is -1.87. The van der Waals surface area contributed by atoms with Gasteiger partial charge in [-0.3, -0.25) is 14.9 Å². The van der Waals surface area contributed by atoms with Gasteiger partial charge in [-0.25, -0.2) is 4.79 Å². The van der Waals surface area contributed by atoms with Crippen molar-refractivity contribution in [3.63, 3.8) is 0 Å². The van der Waals surface area contributed by atoms with E-state index in [2.05, 4.69) is 21.2 Å². The van der Waals surface area contributed by atoms with Crippen LogP contribution in [0.15, 0.2) is 53.0 Å². The molecule has 0 aliphatic carbocycles. The Kier molecular flexibility index (Phi) is 5.64. The Labute approximate surface area is 145 Å². The van der Waals surface area contributed by atoms with Crippen molar-refractivity contribution in [3.8, 4) is 0 Å². The van der Waals surface area contributed by atoms with Crippen LogP contribution in [-0.2, 0) is 11.2 Å². The highest BCUT2D eigenvalue weighted by atomic mass is 79.9. The van der Waals surface area contributed by atoms with Crippen molar-refractivity contribution in [1.29, 1.82) is 0 Å². The van der Waals surface area contributed by atoms with Crippen LogP contribution < -0.4 is 5.32 Å². The molecule has 2 aromatic rings. The lowest BCUT2D eigenvalue weighted by molar-refractivity contribution is -0.384. The van der Waals surface area contributed by atoms with Crippen LogP contribution in [0.5, 0.6) is 0 Å². The summed E-state index contributed by atoms with van der Waals surface area (Å²) in [7, 11) is 0. The monoisotopic (exact) mass is 392 g/mol. The van der Waals surface area contributed by atoms with E-state index >= 15 is 0 Å². The van der Waals surface area contributed by atoms with E-state index in [1.54, 1.807) is 24.3 Å². The van der Waals surface area contributed by atoms with E-state index in [0.29, 0.717) is 0 Å². The fourth-order valence-electron chi connectivity index (χ4n) is 2.10. The number of halogens is 1. The highest BCUT2D eigenvalue weighted by Gasteiger charge is 2.22. The molecule has 1 atom stereocenters. The number of non-ortho nitro benzene ring substituents is 1. The third-order valence-corrected chi connectivity index (χ3v) is 3.74. The molecule has 2 rings (SSSR count). The third kappa shape index (κ3) is 4.63. The predicted molar refractivity (Wildman–Crippen MR) is 89.8 cm³/mol. The van der Waals surface area contributed by atoms with Crippen molar-refractivity contribution in [2.24, 2.45) is 0 Å². The van der Waals surface area contributed by atoms with Gasteiger partial charge in [0.25, 0.3) is 11.6 Å². The van der Waals surface area contributed by atoms with Crippen molar-refractivity contribution in [2.75, 3.05) is 0 Å². The van der Waals surface area contributed by atoms with Crippen LogP contribution >= 0.6 is 15.9 Å². The Morgan fingerprint density at radius 2 is 1.92 bits per heavy atom. The third-order valence-electron chi connectivity index (χ3n) is 3.25. The molecule has 0 unspecified atom stereocenters. The molecule has 0 spiro atoms. The van der Waals surface area contributed by atoms with Gasteiger partial charge in [-0.15, -0.1) is 0 Å². The molecular formula is C16H13BrN2O5. The number of amides is 1. The second-order valence-electron chi connectivity index (χ2n) is 5.01. The molecule has 0 heterocycles. The highest BCUT2D eigenvalue weighted by Crippen LogP contribution is 2.15. The fraction of sp³-hybridized carbons (Fsp3) is 0.125. The number of hydrogen-bond acceptors (Lipinski definition) is 4. The number of rotatable bonds is 6. The summed E-state index contributed by atoms with van der Waals surface area (Å²) in [6.07, 6.45) is 0.0927. The highest BCUT2D eigenvalue weighted by molar-refractivity contribution is 9.10. The van der Waals surface area contributed by atoms with Crippen molar-refractivity contribution in [1.82, 2.24) is 5.32 Å². The van der Waals surface area contributed by atoms with Crippen LogP contribution in [0.2, 0.25) is 0 Å². The fourth-order valence-corrected chi connectivity index (χ4v) is 2.55. The molecule has 8 heteroatoms. The number of hydrogen-bond donors (Lipinski definition) is 2. The van der Waals surface area contributed by atoms with E-state index < -0.39 is 22.8 Å². The lowest BCUT2D eigenvalue weighted by atomic mass is 10.1. The van der Waals surface area contributed by atoms with Crippen molar-refractivity contribution in [3.05, 3.63) is 74.2 Å². The summed E-state index contributed by atoms with van der Waals surface area (Å²) in [6, 6.07) is 11.1. The Bertz CT molecular complexity index is 794. The zero-order chi connectivity index (χ0) is 17.7. The molecule has 0 aliphatic rings. The lowest BCUT2D eigenvalue weighted by Gasteiger charge is -2.15. The number of aliphatic carboxylic acids is 1. The zero-order valence-electron chi connectivity index (χ0n) is 12.3. The Morgan fingerprint density at radius 3 is 2.54 bits per heavy atom. The largest absolute Gasteiger partial charge is 0.480 e. The molecule has 124 valence electrons. The van der Waals surface area contributed by atoms with Gasteiger partial charge in [0.05, 0.1) is 4.92 Å². The number of carboxylic acid groups (broad SMARTS) is 1. The number of nitro benzene ring substituents is 1. The minimum atomic E-state index is -1.19. The molecule has 0 saturated heterocycles. The Morgan fingerprint density at radius 1 is 1.21 bits per heavy atom. The number of nitrogens with zero attached hydrogens (tertiary/aromatic N) is 1. The number of carbonyl (C=O) groups excluding carboxylic acids is 1. The van der Waals surface area contributed by atoms with Crippen molar-refractivity contribution >= 4 is 33.5 Å². The van der Waals surface area contributed by atoms with Gasteiger partial charge in [0.15, 0.2) is 0 Å². The average molecular weight is 393 g/mol. The second kappa shape index (κ2) is 7.69. The molecular weight excluding hydrogens is 380 g/mol. The minimum Gasteiger partial charge on any atom is -0.480 e. The van der Waals surface area contributed by atoms with Crippen LogP contribution in [0.3, 0.4) is 0 Å². The van der Waals surface area contributed by atoms with E-state index in [9.17, 15) is 24.8 Å². The number of nitrogens with one attached hydrogen (secondary N) is 1. The summed E-state index contributed by atoms with van der Waals surface area (Å²) in [6.45, 7) is 0. The number of nitro groups is 1. The van der Waals surface area contributed by atoms with Gasteiger partial charge in [-0.1, -0.05) is 34.1 Å². The molecule has 2 aromatic carbocycles. The summed E-state index contributed by atoms with van der Waals surface area (Å²) in [4.78, 5) is 33.7. The van der Waals surface area contributed by atoms with E-state index in [1.165, 1.54) is 18.2 Å². The summed E-state index contributed by atoms with van der Waals surface area (Å²) < 4.78 is 0.800. The Balaban J connectivity index is 2.15. The quantitative estimate of drug-likeness (QED) is 0.580. The molecule has 0 fully saturated rings. The van der Waals surface area contributed by atoms with E-state index in [4.69, 9.17) is 0 Å². The standard InChI is InChI=1S/C16H13BrN2O5/c17-12-5-1-3-10(7-12)8-14(16(21)22)18-15(20)11-4-2-6-13(9-11)19(23)24/h1-7,9,14H,8H2,(H,18,20)(H,21,22)/t14-/m0/s1. The Hall–Kier alpha value is -2.74. The first-order valence-electron chi connectivity index (χ1n) is 6.89. The second-order valence-corrected chi connectivity index (χ2v) is 5.92. The van der Waals surface area contributed by atoms with E-state index in [0.717, 1.165) is 16.1 Å². The molecule has 0 saturated carbocycles. The van der Waals surface area contributed by atoms with Crippen LogP contribution in [0.25, 0.3) is 0 Å². The van der Waals surface area contributed by atoms with Gasteiger partial charge in [0.2, 0.25) is 0 Å². The molecule has 2 N–H and O–H groups in total. The predicted octanol–water partition coefficient (Wildman–Crippen LogP) is 2.78. The molecule has 24 heavy (non-hydrogen) atoms. The van der Waals surface area contributed by atoms with Gasteiger partial charge in [-0.05, 0) is 23.8 Å². The topological polar surface area (TPSA) is 110 Å². The first-order valence-corrected chi connectivity index (χ1v) is 7.68. The average Bonchev–Trinajstić information content (AvgIpc) is 2.54. The lowest BCUT2D eigenvalue weighted by Crippen LogP contribution is -2.42. The van der Waals surface area contributed by atoms with Gasteiger partial charge in [-0.2, -0.15) is 0 Å². The SMILES string of the molecule is O=C(N[C@@H](Cc1cccc(Br)c1)C(=O)O)c1cccc([N+](=O)[O-])c1. The van der Waals surface area contributed by atoms with Crippen LogP contribution in [-0.4, -0.2) is 27.9 Å². The van der Waals surface area contributed by atoms with Gasteiger partial charge >= 0.3 is 5.97 Å². The van der Waals surface area contributed by atoms with E-state index in [-0.39, 0.29) is 17.7 Å². The van der Waals surface area contributed by atoms with Crippen LogP contribution in [0.1, 0.15) is 15.9 Å². The van der Waals surface area contributed by atoms with Crippen LogP contribution in [0.4, 0.5) is 5.69 Å². The van der Waals surface area contributed by atoms with Gasteiger partial charge in [0.1, 0.15) is 6.04 Å². The van der Waals surface area contributed by atoms with Gasteiger partial charge < -0.3 is 10.4 Å². The van der Waals surface area contributed by atoms with Crippen LogP contribution in [0, 0.1) is 10.1 Å². The molecule has 7 nitrogen and oxygen atoms in total. The smallest absolute Gasteiger partial charge is 0.326 e. The maximum atomic E-state index is 12.2. The molecule has 0 aromatic heterocycles. The molecule has 0 aliphatic heterocycles. The normalized spacial score (nSPS) is 11.5. The number of carbonyl (C=O) groups is 2. The summed E-state index contributed by atoms with van der Waals surface area (Å²) >= 11 is 3.30. The molecule has 0 radical (unpaired) electrons. The minimum absolute atomic E-state index is 0.0321. The summed E-state index contributed by atoms with van der Waals surface area (Å²) in [5, 5.41) is 22.5. The maximum Gasteiger partial charge on any atom is 0.326 e. The zero-order valence-corrected chi connectivity index (χ0v) is 13.9. The number of carboxylic acids is 1. The molecule has 0 bridgehead atoms. The summed E-state index contributed by atoms with van der Waals surface area (Å²) in [5.41, 5.74) is 0.530. The molecule has 1 amide bonds.